The van der Waals surface area contributed by atoms with Crippen molar-refractivity contribution in [2.45, 2.75) is 50.3 Å². The number of urea groups is 1. The van der Waals surface area contributed by atoms with Gasteiger partial charge in [0.05, 0.1) is 5.25 Å². The molecule has 1 fully saturated rings. The number of nitrogens with zero attached hydrogens (tertiary/aromatic N) is 2. The van der Waals surface area contributed by atoms with E-state index in [1.165, 1.54) is 0 Å². The smallest absolute Gasteiger partial charge is 0.317 e. The second-order valence-electron chi connectivity index (χ2n) is 6.82. The Bertz CT molecular complexity index is 641. The lowest BCUT2D eigenvalue weighted by atomic mass is 10.2. The fraction of sp³-hybridized carbons (Fsp3) is 0.579. The zero-order chi connectivity index (χ0) is 19.3. The fourth-order valence-electron chi connectivity index (χ4n) is 2.94. The van der Waals surface area contributed by atoms with Crippen molar-refractivity contribution in [1.29, 1.82) is 0 Å². The molecule has 0 aliphatic carbocycles. The standard InChI is InChI=1S/C19H28ClN3O2S/c1-5-16-17(24)23(12-8-11-22(4)19(25)21-13(2)3)18(26-16)14-9-6-7-10-15(14)20/h6-7,9-10,13,16,18H,5,8,11-12H2,1-4H3,(H,21,25)/t16-,18+/m0/s1. The van der Waals surface area contributed by atoms with E-state index in [0.29, 0.717) is 18.1 Å². The number of hydrogen-bond acceptors (Lipinski definition) is 3. The summed E-state index contributed by atoms with van der Waals surface area (Å²) in [5.74, 6) is 0.164. The molecule has 0 aromatic heterocycles. The van der Waals surface area contributed by atoms with E-state index in [1.807, 2.05) is 49.9 Å². The highest BCUT2D eigenvalue weighted by Gasteiger charge is 2.40. The summed E-state index contributed by atoms with van der Waals surface area (Å²) in [4.78, 5) is 28.3. The number of halogens is 1. The Morgan fingerprint density at radius 2 is 2.08 bits per heavy atom. The first-order chi connectivity index (χ1) is 12.3. The van der Waals surface area contributed by atoms with Crippen LogP contribution in [-0.2, 0) is 4.79 Å². The molecule has 26 heavy (non-hydrogen) atoms. The van der Waals surface area contributed by atoms with Gasteiger partial charge in [-0.3, -0.25) is 4.79 Å². The minimum atomic E-state index is -0.0868. The number of nitrogens with one attached hydrogen (secondary N) is 1. The van der Waals surface area contributed by atoms with E-state index >= 15 is 0 Å². The fourth-order valence-corrected chi connectivity index (χ4v) is 4.71. The van der Waals surface area contributed by atoms with Crippen molar-refractivity contribution >= 4 is 35.3 Å². The molecule has 1 aliphatic rings. The van der Waals surface area contributed by atoms with Crippen molar-refractivity contribution in [3.05, 3.63) is 34.9 Å². The van der Waals surface area contributed by atoms with Crippen LogP contribution in [-0.4, -0.2) is 53.2 Å². The highest BCUT2D eigenvalue weighted by atomic mass is 35.5. The number of rotatable bonds is 7. The van der Waals surface area contributed by atoms with Crippen LogP contribution in [0, 0.1) is 0 Å². The zero-order valence-corrected chi connectivity index (χ0v) is 17.4. The van der Waals surface area contributed by atoms with Crippen molar-refractivity contribution in [3.63, 3.8) is 0 Å². The average molecular weight is 398 g/mol. The van der Waals surface area contributed by atoms with Gasteiger partial charge in [-0.05, 0) is 32.8 Å². The first-order valence-electron chi connectivity index (χ1n) is 9.07. The maximum Gasteiger partial charge on any atom is 0.317 e. The van der Waals surface area contributed by atoms with Gasteiger partial charge in [-0.15, -0.1) is 11.8 Å². The van der Waals surface area contributed by atoms with Crippen molar-refractivity contribution < 1.29 is 9.59 Å². The molecular formula is C19H28ClN3O2S. The van der Waals surface area contributed by atoms with Gasteiger partial charge in [-0.25, -0.2) is 4.79 Å². The van der Waals surface area contributed by atoms with Gasteiger partial charge >= 0.3 is 6.03 Å². The Hall–Kier alpha value is -1.40. The van der Waals surface area contributed by atoms with Gasteiger partial charge in [-0.1, -0.05) is 36.7 Å². The van der Waals surface area contributed by atoms with Crippen molar-refractivity contribution in [3.8, 4) is 0 Å². The van der Waals surface area contributed by atoms with E-state index < -0.39 is 0 Å². The van der Waals surface area contributed by atoms with E-state index in [-0.39, 0.29) is 28.6 Å². The Balaban J connectivity index is 2.01. The number of carbonyl (C=O) groups is 2. The van der Waals surface area contributed by atoms with Gasteiger partial charge in [0.2, 0.25) is 5.91 Å². The predicted octanol–water partition coefficient (Wildman–Crippen LogP) is 4.13. The monoisotopic (exact) mass is 397 g/mol. The molecule has 7 heteroatoms. The summed E-state index contributed by atoms with van der Waals surface area (Å²) in [5, 5.41) is 3.47. The molecule has 5 nitrogen and oxygen atoms in total. The molecular weight excluding hydrogens is 370 g/mol. The molecule has 1 heterocycles. The third kappa shape index (κ3) is 5.07. The van der Waals surface area contributed by atoms with Gasteiger partial charge in [-0.2, -0.15) is 0 Å². The van der Waals surface area contributed by atoms with Crippen LogP contribution in [0.2, 0.25) is 5.02 Å². The third-order valence-electron chi connectivity index (χ3n) is 4.33. The molecule has 1 N–H and O–H groups in total. The van der Waals surface area contributed by atoms with E-state index in [2.05, 4.69) is 5.32 Å². The van der Waals surface area contributed by atoms with Crippen molar-refractivity contribution in [2.24, 2.45) is 0 Å². The topological polar surface area (TPSA) is 52.6 Å². The van der Waals surface area contributed by atoms with Crippen LogP contribution in [0.1, 0.15) is 44.6 Å². The second-order valence-corrected chi connectivity index (χ2v) is 8.51. The van der Waals surface area contributed by atoms with Gasteiger partial charge in [0.1, 0.15) is 5.37 Å². The molecule has 144 valence electrons. The van der Waals surface area contributed by atoms with Gasteiger partial charge < -0.3 is 15.1 Å². The van der Waals surface area contributed by atoms with Crippen LogP contribution in [0.3, 0.4) is 0 Å². The van der Waals surface area contributed by atoms with Crippen molar-refractivity contribution in [1.82, 2.24) is 15.1 Å². The number of thioether (sulfide) groups is 1. The lowest BCUT2D eigenvalue weighted by molar-refractivity contribution is -0.130. The van der Waals surface area contributed by atoms with Crippen LogP contribution in [0.5, 0.6) is 0 Å². The molecule has 1 aliphatic heterocycles. The molecule has 2 atom stereocenters. The minimum absolute atomic E-state index is 0.0294. The summed E-state index contributed by atoms with van der Waals surface area (Å²) in [7, 11) is 1.78. The van der Waals surface area contributed by atoms with E-state index in [0.717, 1.165) is 18.4 Å². The highest BCUT2D eigenvalue weighted by Crippen LogP contribution is 2.46. The Morgan fingerprint density at radius 1 is 1.38 bits per heavy atom. The molecule has 0 bridgehead atoms. The van der Waals surface area contributed by atoms with Crippen LogP contribution >= 0.6 is 23.4 Å². The second kappa shape index (κ2) is 9.51. The Morgan fingerprint density at radius 3 is 2.69 bits per heavy atom. The molecule has 3 amide bonds. The molecule has 0 radical (unpaired) electrons. The first-order valence-corrected chi connectivity index (χ1v) is 10.4. The molecule has 0 unspecified atom stereocenters. The maximum atomic E-state index is 12.8. The summed E-state index contributed by atoms with van der Waals surface area (Å²) < 4.78 is 0. The molecule has 0 spiro atoms. The SMILES string of the molecule is CC[C@@H]1S[C@H](c2ccccc2Cl)N(CCCN(C)C(=O)NC(C)C)C1=O. The van der Waals surface area contributed by atoms with E-state index in [4.69, 9.17) is 11.6 Å². The summed E-state index contributed by atoms with van der Waals surface area (Å²) in [6.45, 7) is 7.11. The van der Waals surface area contributed by atoms with Gasteiger partial charge in [0, 0.05) is 36.8 Å². The van der Waals surface area contributed by atoms with Gasteiger partial charge in [0.15, 0.2) is 0 Å². The lowest BCUT2D eigenvalue weighted by Crippen LogP contribution is -2.42. The third-order valence-corrected chi connectivity index (χ3v) is 6.30. The molecule has 1 aromatic carbocycles. The Kier molecular flexibility index (Phi) is 7.65. The minimum Gasteiger partial charge on any atom is -0.336 e. The van der Waals surface area contributed by atoms with Gasteiger partial charge in [0.25, 0.3) is 0 Å². The average Bonchev–Trinajstić information content (AvgIpc) is 2.90. The summed E-state index contributed by atoms with van der Waals surface area (Å²) >= 11 is 8.04. The van der Waals surface area contributed by atoms with E-state index in [1.54, 1.807) is 23.7 Å². The number of amides is 3. The first kappa shape index (κ1) is 20.9. The Labute approximate surface area is 165 Å². The molecule has 1 aromatic rings. The number of benzene rings is 1. The van der Waals surface area contributed by atoms with Crippen LogP contribution in [0.25, 0.3) is 0 Å². The lowest BCUT2D eigenvalue weighted by Gasteiger charge is -2.26. The summed E-state index contributed by atoms with van der Waals surface area (Å²) in [6, 6.07) is 7.72. The summed E-state index contributed by atoms with van der Waals surface area (Å²) in [6.07, 6.45) is 1.53. The van der Waals surface area contributed by atoms with Crippen molar-refractivity contribution in [2.75, 3.05) is 20.1 Å². The van der Waals surface area contributed by atoms with Crippen LogP contribution in [0.4, 0.5) is 4.79 Å². The predicted molar refractivity (Wildman–Crippen MR) is 108 cm³/mol. The molecule has 0 saturated carbocycles. The van der Waals surface area contributed by atoms with Crippen LogP contribution in [0.15, 0.2) is 24.3 Å². The molecule has 2 rings (SSSR count). The number of carbonyl (C=O) groups excluding carboxylic acids is 2. The number of hydrogen-bond donors (Lipinski definition) is 1. The maximum absolute atomic E-state index is 12.8. The molecule has 1 saturated heterocycles. The summed E-state index contributed by atoms with van der Waals surface area (Å²) in [5.41, 5.74) is 0.981. The van der Waals surface area contributed by atoms with Crippen LogP contribution < -0.4 is 5.32 Å². The normalized spacial score (nSPS) is 19.9. The quantitative estimate of drug-likeness (QED) is 0.752. The zero-order valence-electron chi connectivity index (χ0n) is 15.9. The van der Waals surface area contributed by atoms with E-state index in [9.17, 15) is 9.59 Å². The largest absolute Gasteiger partial charge is 0.336 e. The highest BCUT2D eigenvalue weighted by molar-refractivity contribution is 8.01.